The van der Waals surface area contributed by atoms with Crippen LogP contribution in [0.15, 0.2) is 22.7 Å². The average molecular weight is 343 g/mol. The standard InChI is InChI=1S/C16H27BrN2O/c1-5-15(6-2)19(9-10-20-4)16-11-14(17)8-7-13(16)12-18-3/h7-8,11,15,18H,5-6,9-10,12H2,1-4H3. The van der Waals surface area contributed by atoms with Gasteiger partial charge < -0.3 is 15.0 Å². The minimum Gasteiger partial charge on any atom is -0.383 e. The van der Waals surface area contributed by atoms with Crippen molar-refractivity contribution in [2.75, 3.05) is 32.2 Å². The van der Waals surface area contributed by atoms with Crippen molar-refractivity contribution in [3.63, 3.8) is 0 Å². The van der Waals surface area contributed by atoms with Crippen molar-refractivity contribution in [2.45, 2.75) is 39.3 Å². The number of hydrogen-bond donors (Lipinski definition) is 1. The van der Waals surface area contributed by atoms with E-state index in [1.165, 1.54) is 11.3 Å². The zero-order valence-electron chi connectivity index (χ0n) is 13.1. The lowest BCUT2D eigenvalue weighted by molar-refractivity contribution is 0.202. The highest BCUT2D eigenvalue weighted by molar-refractivity contribution is 9.10. The van der Waals surface area contributed by atoms with E-state index in [1.54, 1.807) is 7.11 Å². The zero-order chi connectivity index (χ0) is 15.0. The number of rotatable bonds is 9. The van der Waals surface area contributed by atoms with Gasteiger partial charge in [-0.05, 0) is 37.6 Å². The van der Waals surface area contributed by atoms with Crippen LogP contribution in [-0.4, -0.2) is 33.4 Å². The van der Waals surface area contributed by atoms with Gasteiger partial charge in [-0.3, -0.25) is 0 Å². The molecular weight excluding hydrogens is 316 g/mol. The molecule has 0 bridgehead atoms. The molecule has 0 radical (unpaired) electrons. The first-order chi connectivity index (χ1) is 9.67. The van der Waals surface area contributed by atoms with Gasteiger partial charge in [0.2, 0.25) is 0 Å². The van der Waals surface area contributed by atoms with E-state index in [9.17, 15) is 0 Å². The third kappa shape index (κ3) is 4.76. The normalized spacial score (nSPS) is 11.1. The van der Waals surface area contributed by atoms with E-state index in [0.717, 1.165) is 37.0 Å². The zero-order valence-corrected chi connectivity index (χ0v) is 14.7. The number of halogens is 1. The van der Waals surface area contributed by atoms with Gasteiger partial charge in [0.05, 0.1) is 6.61 Å². The Balaban J connectivity index is 3.12. The second-order valence-electron chi connectivity index (χ2n) is 4.96. The summed E-state index contributed by atoms with van der Waals surface area (Å²) in [5.41, 5.74) is 2.64. The van der Waals surface area contributed by atoms with Crippen LogP contribution in [0.5, 0.6) is 0 Å². The molecule has 0 unspecified atom stereocenters. The minimum atomic E-state index is 0.551. The van der Waals surface area contributed by atoms with Gasteiger partial charge in [-0.25, -0.2) is 0 Å². The molecule has 0 spiro atoms. The molecule has 0 aromatic heterocycles. The Kier molecular flexibility index (Phi) is 8.19. The Morgan fingerprint density at radius 2 is 2.00 bits per heavy atom. The summed E-state index contributed by atoms with van der Waals surface area (Å²) >= 11 is 3.60. The third-order valence-electron chi connectivity index (χ3n) is 3.64. The Morgan fingerprint density at radius 3 is 2.55 bits per heavy atom. The number of ether oxygens (including phenoxy) is 1. The molecule has 4 heteroatoms. The molecule has 1 aromatic carbocycles. The molecule has 1 rings (SSSR count). The molecule has 0 saturated heterocycles. The van der Waals surface area contributed by atoms with Crippen LogP contribution in [0.1, 0.15) is 32.3 Å². The molecule has 0 aliphatic carbocycles. The van der Waals surface area contributed by atoms with Crippen LogP contribution in [0.2, 0.25) is 0 Å². The minimum absolute atomic E-state index is 0.551. The summed E-state index contributed by atoms with van der Waals surface area (Å²) in [5.74, 6) is 0. The number of methoxy groups -OCH3 is 1. The number of nitrogens with zero attached hydrogens (tertiary/aromatic N) is 1. The van der Waals surface area contributed by atoms with Gasteiger partial charge >= 0.3 is 0 Å². The molecule has 0 aliphatic heterocycles. The quantitative estimate of drug-likeness (QED) is 0.738. The lowest BCUT2D eigenvalue weighted by Crippen LogP contribution is -2.38. The fourth-order valence-electron chi connectivity index (χ4n) is 2.56. The van der Waals surface area contributed by atoms with Gasteiger partial charge in [0.25, 0.3) is 0 Å². The maximum absolute atomic E-state index is 5.29. The molecule has 0 amide bonds. The second-order valence-corrected chi connectivity index (χ2v) is 5.88. The number of nitrogens with one attached hydrogen (secondary N) is 1. The maximum atomic E-state index is 5.29. The summed E-state index contributed by atoms with van der Waals surface area (Å²) in [6, 6.07) is 7.08. The summed E-state index contributed by atoms with van der Waals surface area (Å²) in [5, 5.41) is 3.26. The molecule has 0 heterocycles. The topological polar surface area (TPSA) is 24.5 Å². The van der Waals surface area contributed by atoms with Crippen molar-refractivity contribution >= 4 is 21.6 Å². The molecule has 0 saturated carbocycles. The fourth-order valence-corrected chi connectivity index (χ4v) is 2.91. The predicted octanol–water partition coefficient (Wildman–Crippen LogP) is 3.81. The summed E-state index contributed by atoms with van der Waals surface area (Å²) in [7, 11) is 3.75. The van der Waals surface area contributed by atoms with Crippen LogP contribution in [-0.2, 0) is 11.3 Å². The lowest BCUT2D eigenvalue weighted by Gasteiger charge is -2.34. The van der Waals surface area contributed by atoms with E-state index in [2.05, 4.69) is 58.2 Å². The Labute approximate surface area is 131 Å². The van der Waals surface area contributed by atoms with Crippen LogP contribution in [0, 0.1) is 0 Å². The van der Waals surface area contributed by atoms with E-state index in [4.69, 9.17) is 4.74 Å². The van der Waals surface area contributed by atoms with Gasteiger partial charge in [-0.1, -0.05) is 35.8 Å². The first-order valence-corrected chi connectivity index (χ1v) is 8.15. The monoisotopic (exact) mass is 342 g/mol. The number of hydrogen-bond acceptors (Lipinski definition) is 3. The van der Waals surface area contributed by atoms with E-state index in [-0.39, 0.29) is 0 Å². The molecule has 1 aromatic rings. The van der Waals surface area contributed by atoms with E-state index < -0.39 is 0 Å². The Hall–Kier alpha value is -0.580. The van der Waals surface area contributed by atoms with Crippen molar-refractivity contribution < 1.29 is 4.74 Å². The molecule has 3 nitrogen and oxygen atoms in total. The van der Waals surface area contributed by atoms with Crippen molar-refractivity contribution in [2.24, 2.45) is 0 Å². The van der Waals surface area contributed by atoms with E-state index in [0.29, 0.717) is 6.04 Å². The first kappa shape index (κ1) is 17.5. The van der Waals surface area contributed by atoms with Crippen LogP contribution in [0.25, 0.3) is 0 Å². The van der Waals surface area contributed by atoms with E-state index >= 15 is 0 Å². The highest BCUT2D eigenvalue weighted by Crippen LogP contribution is 2.28. The van der Waals surface area contributed by atoms with Gasteiger partial charge in [-0.2, -0.15) is 0 Å². The van der Waals surface area contributed by atoms with Crippen LogP contribution in [0.4, 0.5) is 5.69 Å². The predicted molar refractivity (Wildman–Crippen MR) is 90.5 cm³/mol. The van der Waals surface area contributed by atoms with Crippen molar-refractivity contribution in [3.8, 4) is 0 Å². The summed E-state index contributed by atoms with van der Waals surface area (Å²) < 4.78 is 6.42. The highest BCUT2D eigenvalue weighted by atomic mass is 79.9. The molecule has 1 N–H and O–H groups in total. The smallest absolute Gasteiger partial charge is 0.0637 e. The summed E-state index contributed by atoms with van der Waals surface area (Å²) in [6.45, 7) is 7.07. The van der Waals surface area contributed by atoms with Crippen molar-refractivity contribution in [1.29, 1.82) is 0 Å². The summed E-state index contributed by atoms with van der Waals surface area (Å²) in [4.78, 5) is 2.49. The van der Waals surface area contributed by atoms with Crippen LogP contribution in [0.3, 0.4) is 0 Å². The van der Waals surface area contributed by atoms with Gasteiger partial charge in [0.1, 0.15) is 0 Å². The Bertz CT molecular complexity index is 394. The molecule has 0 fully saturated rings. The molecule has 114 valence electrons. The molecular formula is C16H27BrN2O. The number of anilines is 1. The maximum Gasteiger partial charge on any atom is 0.0637 e. The lowest BCUT2D eigenvalue weighted by atomic mass is 10.1. The molecule has 0 atom stereocenters. The molecule has 20 heavy (non-hydrogen) atoms. The van der Waals surface area contributed by atoms with Crippen LogP contribution < -0.4 is 10.2 Å². The second kappa shape index (κ2) is 9.37. The van der Waals surface area contributed by atoms with Crippen molar-refractivity contribution in [3.05, 3.63) is 28.2 Å². The van der Waals surface area contributed by atoms with Gasteiger partial charge in [0.15, 0.2) is 0 Å². The first-order valence-electron chi connectivity index (χ1n) is 7.36. The largest absolute Gasteiger partial charge is 0.383 e. The van der Waals surface area contributed by atoms with Gasteiger partial charge in [0, 0.05) is 36.4 Å². The Morgan fingerprint density at radius 1 is 1.30 bits per heavy atom. The average Bonchev–Trinajstić information content (AvgIpc) is 2.46. The summed E-state index contributed by atoms with van der Waals surface area (Å²) in [6.07, 6.45) is 2.29. The highest BCUT2D eigenvalue weighted by Gasteiger charge is 2.18. The third-order valence-corrected chi connectivity index (χ3v) is 4.14. The van der Waals surface area contributed by atoms with Crippen molar-refractivity contribution in [1.82, 2.24) is 5.32 Å². The van der Waals surface area contributed by atoms with Crippen LogP contribution >= 0.6 is 15.9 Å². The number of benzene rings is 1. The van der Waals surface area contributed by atoms with Gasteiger partial charge in [-0.15, -0.1) is 0 Å². The molecule has 0 aliphatic rings. The SMILES string of the molecule is CCC(CC)N(CCOC)c1cc(Br)ccc1CNC. The van der Waals surface area contributed by atoms with E-state index in [1.807, 2.05) is 7.05 Å². The fraction of sp³-hybridized carbons (Fsp3) is 0.625.